The van der Waals surface area contributed by atoms with E-state index in [0.717, 1.165) is 34.2 Å². The monoisotopic (exact) mass is 460 g/mol. The molecule has 5 nitrogen and oxygen atoms in total. The average Bonchev–Trinajstić information content (AvgIpc) is 2.93. The Morgan fingerprint density at radius 3 is 2.42 bits per heavy atom. The Labute approximate surface area is 164 Å². The molecule has 0 aliphatic rings. The number of rotatable bonds is 5. The van der Waals surface area contributed by atoms with Crippen LogP contribution in [-0.2, 0) is 13.1 Å². The lowest BCUT2D eigenvalue weighted by Crippen LogP contribution is -2.36. The SMILES string of the molecule is CCNC(=NCc1cc(C)c(O)c(C)c1)NCc1ncc(C)s1.I. The first kappa shape index (κ1) is 20.7. The van der Waals surface area contributed by atoms with Gasteiger partial charge >= 0.3 is 0 Å². The number of halogens is 1. The van der Waals surface area contributed by atoms with Gasteiger partial charge in [0.25, 0.3) is 0 Å². The number of guanidine groups is 1. The predicted molar refractivity (Wildman–Crippen MR) is 112 cm³/mol. The molecule has 0 amide bonds. The summed E-state index contributed by atoms with van der Waals surface area (Å²) in [6.45, 7) is 9.94. The van der Waals surface area contributed by atoms with Crippen molar-refractivity contribution >= 4 is 41.3 Å². The molecule has 0 spiro atoms. The molecule has 0 atom stereocenters. The van der Waals surface area contributed by atoms with E-state index in [9.17, 15) is 5.11 Å². The predicted octanol–water partition coefficient (Wildman–Crippen LogP) is 3.65. The molecule has 0 unspecified atom stereocenters. The van der Waals surface area contributed by atoms with E-state index in [2.05, 4.69) is 27.5 Å². The van der Waals surface area contributed by atoms with Gasteiger partial charge in [-0.2, -0.15) is 0 Å². The molecule has 0 radical (unpaired) electrons. The van der Waals surface area contributed by atoms with Crippen LogP contribution in [0, 0.1) is 20.8 Å². The van der Waals surface area contributed by atoms with Crippen LogP contribution in [-0.4, -0.2) is 22.6 Å². The van der Waals surface area contributed by atoms with Crippen LogP contribution in [0.25, 0.3) is 0 Å². The minimum atomic E-state index is 0. The topological polar surface area (TPSA) is 69.5 Å². The van der Waals surface area contributed by atoms with Gasteiger partial charge in [-0.25, -0.2) is 9.98 Å². The number of phenols is 1. The second-order valence-corrected chi connectivity index (χ2v) is 6.81. The lowest BCUT2D eigenvalue weighted by atomic mass is 10.1. The molecule has 7 heteroatoms. The normalized spacial score (nSPS) is 11.1. The molecule has 132 valence electrons. The van der Waals surface area contributed by atoms with E-state index in [1.807, 2.05) is 39.1 Å². The van der Waals surface area contributed by atoms with Crippen LogP contribution in [0.5, 0.6) is 5.75 Å². The van der Waals surface area contributed by atoms with Gasteiger partial charge < -0.3 is 15.7 Å². The molecular weight excluding hydrogens is 435 g/mol. The molecule has 2 aromatic rings. The van der Waals surface area contributed by atoms with Crippen LogP contribution >= 0.6 is 35.3 Å². The van der Waals surface area contributed by atoms with Crippen molar-refractivity contribution in [1.29, 1.82) is 0 Å². The quantitative estimate of drug-likeness (QED) is 0.362. The lowest BCUT2D eigenvalue weighted by molar-refractivity contribution is 0.466. The van der Waals surface area contributed by atoms with E-state index >= 15 is 0 Å². The van der Waals surface area contributed by atoms with Crippen molar-refractivity contribution in [3.8, 4) is 5.75 Å². The van der Waals surface area contributed by atoms with Crippen molar-refractivity contribution in [2.45, 2.75) is 40.8 Å². The summed E-state index contributed by atoms with van der Waals surface area (Å²) in [6.07, 6.45) is 1.88. The zero-order chi connectivity index (χ0) is 16.8. The van der Waals surface area contributed by atoms with Gasteiger partial charge in [0.2, 0.25) is 0 Å². The van der Waals surface area contributed by atoms with E-state index in [0.29, 0.717) is 18.8 Å². The number of nitrogens with zero attached hydrogens (tertiary/aromatic N) is 2. The van der Waals surface area contributed by atoms with E-state index < -0.39 is 0 Å². The molecule has 0 saturated carbocycles. The first-order valence-corrected chi connectivity index (χ1v) is 8.53. The fourth-order valence-corrected chi connectivity index (χ4v) is 3.02. The van der Waals surface area contributed by atoms with Gasteiger partial charge in [-0.1, -0.05) is 12.1 Å². The Hall–Kier alpha value is -1.35. The minimum absolute atomic E-state index is 0. The van der Waals surface area contributed by atoms with Gasteiger partial charge in [0.05, 0.1) is 13.1 Å². The maximum Gasteiger partial charge on any atom is 0.191 e. The minimum Gasteiger partial charge on any atom is -0.507 e. The van der Waals surface area contributed by atoms with E-state index in [-0.39, 0.29) is 24.0 Å². The molecule has 1 aromatic heterocycles. The Bertz CT molecular complexity index is 677. The summed E-state index contributed by atoms with van der Waals surface area (Å²) in [7, 11) is 0. The third kappa shape index (κ3) is 5.94. The van der Waals surface area contributed by atoms with Gasteiger partial charge in [0, 0.05) is 17.6 Å². The van der Waals surface area contributed by atoms with Crippen LogP contribution in [0.1, 0.15) is 33.5 Å². The summed E-state index contributed by atoms with van der Waals surface area (Å²) in [6, 6.07) is 3.94. The van der Waals surface area contributed by atoms with Crippen LogP contribution in [0.2, 0.25) is 0 Å². The Morgan fingerprint density at radius 2 is 1.88 bits per heavy atom. The fourth-order valence-electron chi connectivity index (χ4n) is 2.29. The molecule has 24 heavy (non-hydrogen) atoms. The highest BCUT2D eigenvalue weighted by atomic mass is 127. The number of hydrogen-bond acceptors (Lipinski definition) is 4. The highest BCUT2D eigenvalue weighted by molar-refractivity contribution is 14.0. The first-order valence-electron chi connectivity index (χ1n) is 7.72. The summed E-state index contributed by atoms with van der Waals surface area (Å²) in [5, 5.41) is 17.4. The number of aryl methyl sites for hydroxylation is 3. The average molecular weight is 460 g/mol. The number of aromatic hydroxyl groups is 1. The smallest absolute Gasteiger partial charge is 0.191 e. The molecule has 3 N–H and O–H groups in total. The van der Waals surface area contributed by atoms with E-state index in [1.165, 1.54) is 4.88 Å². The third-order valence-corrected chi connectivity index (χ3v) is 4.30. The fraction of sp³-hybridized carbons (Fsp3) is 0.412. The number of phenolic OH excluding ortho intramolecular Hbond substituents is 1. The third-order valence-electron chi connectivity index (χ3n) is 3.39. The zero-order valence-corrected chi connectivity index (χ0v) is 17.7. The number of hydrogen-bond donors (Lipinski definition) is 3. The second kappa shape index (κ2) is 9.83. The van der Waals surface area contributed by atoms with Crippen LogP contribution in [0.15, 0.2) is 23.3 Å². The lowest BCUT2D eigenvalue weighted by Gasteiger charge is -2.11. The molecule has 2 rings (SSSR count). The molecule has 0 aliphatic heterocycles. The largest absolute Gasteiger partial charge is 0.507 e. The highest BCUT2D eigenvalue weighted by Gasteiger charge is 2.05. The van der Waals surface area contributed by atoms with Crippen LogP contribution in [0.3, 0.4) is 0 Å². The molecule has 0 fully saturated rings. The Balaban J connectivity index is 0.00000288. The van der Waals surface area contributed by atoms with Gasteiger partial charge in [0.1, 0.15) is 10.8 Å². The molecular formula is C17H25IN4OS. The Kier molecular flexibility index (Phi) is 8.47. The first-order chi connectivity index (χ1) is 11.0. The van der Waals surface area contributed by atoms with Crippen LogP contribution in [0.4, 0.5) is 0 Å². The Morgan fingerprint density at radius 1 is 1.21 bits per heavy atom. The van der Waals surface area contributed by atoms with Crippen molar-refractivity contribution in [2.24, 2.45) is 4.99 Å². The molecule has 1 heterocycles. The number of benzene rings is 1. The molecule has 1 aromatic carbocycles. The van der Waals surface area contributed by atoms with E-state index in [4.69, 9.17) is 0 Å². The van der Waals surface area contributed by atoms with Gasteiger partial charge in [-0.3, -0.25) is 0 Å². The standard InChI is InChI=1S/C17H24N4OS.HI/c1-5-18-17(21-10-15-19-8-13(4)23-15)20-9-14-6-11(2)16(22)12(3)7-14;/h6-8,22H,5,9-10H2,1-4H3,(H2,18,20,21);1H. The summed E-state index contributed by atoms with van der Waals surface area (Å²) in [5.41, 5.74) is 2.85. The van der Waals surface area contributed by atoms with Gasteiger partial charge in [0.15, 0.2) is 5.96 Å². The van der Waals surface area contributed by atoms with Crippen molar-refractivity contribution in [3.63, 3.8) is 0 Å². The van der Waals surface area contributed by atoms with Crippen LogP contribution < -0.4 is 10.6 Å². The summed E-state index contributed by atoms with van der Waals surface area (Å²) in [5.74, 6) is 1.13. The second-order valence-electron chi connectivity index (χ2n) is 5.49. The van der Waals surface area contributed by atoms with Crippen molar-refractivity contribution in [3.05, 3.63) is 44.9 Å². The number of aromatic nitrogens is 1. The highest BCUT2D eigenvalue weighted by Crippen LogP contribution is 2.23. The van der Waals surface area contributed by atoms with Gasteiger partial charge in [-0.05, 0) is 44.4 Å². The van der Waals surface area contributed by atoms with Crippen molar-refractivity contribution in [1.82, 2.24) is 15.6 Å². The summed E-state index contributed by atoms with van der Waals surface area (Å²) in [4.78, 5) is 10.2. The number of nitrogens with one attached hydrogen (secondary N) is 2. The summed E-state index contributed by atoms with van der Waals surface area (Å²) < 4.78 is 0. The van der Waals surface area contributed by atoms with Crippen molar-refractivity contribution in [2.75, 3.05) is 6.54 Å². The summed E-state index contributed by atoms with van der Waals surface area (Å²) >= 11 is 1.68. The molecule has 0 saturated heterocycles. The molecule has 0 aliphatic carbocycles. The van der Waals surface area contributed by atoms with E-state index in [1.54, 1.807) is 11.3 Å². The maximum atomic E-state index is 9.84. The number of aliphatic imine (C=N–C) groups is 1. The van der Waals surface area contributed by atoms with Gasteiger partial charge in [-0.15, -0.1) is 35.3 Å². The zero-order valence-electron chi connectivity index (χ0n) is 14.5. The van der Waals surface area contributed by atoms with Crippen molar-refractivity contribution < 1.29 is 5.11 Å². The maximum absolute atomic E-state index is 9.84. The number of thiazole rings is 1. The molecule has 0 bridgehead atoms.